The predicted molar refractivity (Wildman–Crippen MR) is 89.4 cm³/mol. The van der Waals surface area contributed by atoms with Crippen molar-refractivity contribution >= 4 is 16.6 Å². The fourth-order valence-electron chi connectivity index (χ4n) is 2.61. The zero-order chi connectivity index (χ0) is 15.5. The van der Waals surface area contributed by atoms with E-state index in [9.17, 15) is 0 Å². The third kappa shape index (κ3) is 2.72. The van der Waals surface area contributed by atoms with Crippen LogP contribution in [0, 0.1) is 0 Å². The number of aromatic nitrogens is 1. The average Bonchev–Trinajstić information content (AvgIpc) is 2.90. The number of aryl methyl sites for hydroxylation is 1. The van der Waals surface area contributed by atoms with Gasteiger partial charge in [-0.2, -0.15) is 0 Å². The summed E-state index contributed by atoms with van der Waals surface area (Å²) in [5.41, 5.74) is 8.97. The van der Waals surface area contributed by atoms with Crippen LogP contribution in [0.5, 0.6) is 11.5 Å². The van der Waals surface area contributed by atoms with E-state index < -0.39 is 0 Å². The molecule has 1 aromatic heterocycles. The van der Waals surface area contributed by atoms with Gasteiger partial charge in [-0.25, -0.2) is 0 Å². The second-order valence-electron chi connectivity index (χ2n) is 5.18. The molecular weight excluding hydrogens is 276 g/mol. The van der Waals surface area contributed by atoms with Gasteiger partial charge >= 0.3 is 0 Å². The van der Waals surface area contributed by atoms with Gasteiger partial charge in [0.25, 0.3) is 0 Å². The number of fused-ring (bicyclic) bond motifs is 1. The van der Waals surface area contributed by atoms with Crippen LogP contribution < -0.4 is 15.2 Å². The highest BCUT2D eigenvalue weighted by Gasteiger charge is 2.09. The number of nitrogens with two attached hydrogens (primary N) is 1. The molecule has 114 valence electrons. The van der Waals surface area contributed by atoms with E-state index in [0.717, 1.165) is 34.8 Å². The molecule has 0 atom stereocenters. The summed E-state index contributed by atoms with van der Waals surface area (Å²) in [6, 6.07) is 13.6. The second kappa shape index (κ2) is 6.02. The molecule has 4 nitrogen and oxygen atoms in total. The van der Waals surface area contributed by atoms with Crippen molar-refractivity contribution in [1.82, 2.24) is 4.57 Å². The summed E-state index contributed by atoms with van der Waals surface area (Å²) in [4.78, 5) is 0. The summed E-state index contributed by atoms with van der Waals surface area (Å²) in [7, 11) is 1.65. The van der Waals surface area contributed by atoms with Gasteiger partial charge in [0, 0.05) is 35.4 Å². The van der Waals surface area contributed by atoms with Crippen molar-refractivity contribution < 1.29 is 9.47 Å². The van der Waals surface area contributed by atoms with Gasteiger partial charge in [0.1, 0.15) is 18.1 Å². The van der Waals surface area contributed by atoms with Gasteiger partial charge in [0.05, 0.1) is 12.6 Å². The number of hydrogen-bond acceptors (Lipinski definition) is 3. The molecule has 0 bridgehead atoms. The van der Waals surface area contributed by atoms with Crippen LogP contribution in [-0.2, 0) is 13.2 Å². The standard InChI is InChI=1S/C18H20N2O2/c1-3-20-11-13(17-8-7-14(19)9-18(17)20)12-22-16-6-4-5-15(10-16)21-2/h4-11H,3,12,19H2,1-2H3. The van der Waals surface area contributed by atoms with Crippen LogP contribution in [0.2, 0.25) is 0 Å². The van der Waals surface area contributed by atoms with Gasteiger partial charge < -0.3 is 19.8 Å². The van der Waals surface area contributed by atoms with E-state index in [1.54, 1.807) is 7.11 Å². The first kappa shape index (κ1) is 14.3. The van der Waals surface area contributed by atoms with E-state index in [-0.39, 0.29) is 0 Å². The smallest absolute Gasteiger partial charge is 0.123 e. The number of methoxy groups -OCH3 is 1. The van der Waals surface area contributed by atoms with E-state index in [1.807, 2.05) is 36.4 Å². The van der Waals surface area contributed by atoms with Crippen molar-refractivity contribution in [2.24, 2.45) is 0 Å². The lowest BCUT2D eigenvalue weighted by molar-refractivity contribution is 0.304. The maximum Gasteiger partial charge on any atom is 0.123 e. The normalized spacial score (nSPS) is 10.8. The van der Waals surface area contributed by atoms with Gasteiger partial charge in [-0.1, -0.05) is 12.1 Å². The van der Waals surface area contributed by atoms with Crippen molar-refractivity contribution in [3.63, 3.8) is 0 Å². The molecule has 0 aliphatic rings. The molecule has 0 aliphatic heterocycles. The number of hydrogen-bond donors (Lipinski definition) is 1. The zero-order valence-corrected chi connectivity index (χ0v) is 12.9. The molecule has 0 amide bonds. The van der Waals surface area contributed by atoms with Crippen molar-refractivity contribution in [1.29, 1.82) is 0 Å². The van der Waals surface area contributed by atoms with Crippen molar-refractivity contribution in [3.8, 4) is 11.5 Å². The Kier molecular flexibility index (Phi) is 3.92. The quantitative estimate of drug-likeness (QED) is 0.728. The van der Waals surface area contributed by atoms with Crippen molar-refractivity contribution in [2.45, 2.75) is 20.1 Å². The molecule has 3 rings (SSSR count). The number of ether oxygens (including phenoxy) is 2. The van der Waals surface area contributed by atoms with Crippen LogP contribution in [-0.4, -0.2) is 11.7 Å². The largest absolute Gasteiger partial charge is 0.497 e. The number of nitrogen functional groups attached to an aromatic ring is 1. The molecule has 4 heteroatoms. The summed E-state index contributed by atoms with van der Waals surface area (Å²) in [6.45, 7) is 3.54. The van der Waals surface area contributed by atoms with E-state index in [0.29, 0.717) is 6.61 Å². The fraction of sp³-hybridized carbons (Fsp3) is 0.222. The lowest BCUT2D eigenvalue weighted by atomic mass is 10.1. The Morgan fingerprint density at radius 3 is 2.68 bits per heavy atom. The molecule has 0 fully saturated rings. The summed E-state index contributed by atoms with van der Waals surface area (Å²) in [6.07, 6.45) is 2.13. The van der Waals surface area contributed by atoms with E-state index in [1.165, 1.54) is 5.39 Å². The van der Waals surface area contributed by atoms with E-state index in [2.05, 4.69) is 23.8 Å². The van der Waals surface area contributed by atoms with E-state index in [4.69, 9.17) is 15.2 Å². The molecule has 0 unspecified atom stereocenters. The molecule has 2 aromatic carbocycles. The highest BCUT2D eigenvalue weighted by atomic mass is 16.5. The minimum atomic E-state index is 0.514. The van der Waals surface area contributed by atoms with Crippen LogP contribution >= 0.6 is 0 Å². The first-order valence-corrected chi connectivity index (χ1v) is 7.35. The first-order chi connectivity index (χ1) is 10.7. The SMILES string of the molecule is CCn1cc(COc2cccc(OC)c2)c2ccc(N)cc21. The Labute approximate surface area is 130 Å². The van der Waals surface area contributed by atoms with Gasteiger partial charge in [-0.05, 0) is 31.2 Å². The fourth-order valence-corrected chi connectivity index (χ4v) is 2.61. The van der Waals surface area contributed by atoms with Crippen molar-refractivity contribution in [3.05, 3.63) is 54.2 Å². The average molecular weight is 296 g/mol. The number of rotatable bonds is 5. The Morgan fingerprint density at radius 2 is 1.91 bits per heavy atom. The molecular formula is C18H20N2O2. The first-order valence-electron chi connectivity index (χ1n) is 7.35. The van der Waals surface area contributed by atoms with Gasteiger partial charge in [0.2, 0.25) is 0 Å². The number of nitrogens with zero attached hydrogens (tertiary/aromatic N) is 1. The second-order valence-corrected chi connectivity index (χ2v) is 5.18. The third-order valence-electron chi connectivity index (χ3n) is 3.77. The molecule has 0 aliphatic carbocycles. The third-order valence-corrected chi connectivity index (χ3v) is 3.77. The topological polar surface area (TPSA) is 49.4 Å². The Balaban J connectivity index is 1.87. The van der Waals surface area contributed by atoms with Crippen LogP contribution in [0.25, 0.3) is 10.9 Å². The molecule has 2 N–H and O–H groups in total. The lowest BCUT2D eigenvalue weighted by Crippen LogP contribution is -1.95. The predicted octanol–water partition coefficient (Wildman–Crippen LogP) is 3.83. The summed E-state index contributed by atoms with van der Waals surface area (Å²) in [5, 5.41) is 1.18. The lowest BCUT2D eigenvalue weighted by Gasteiger charge is -2.07. The molecule has 1 heterocycles. The highest BCUT2D eigenvalue weighted by molar-refractivity contribution is 5.86. The minimum Gasteiger partial charge on any atom is -0.497 e. The zero-order valence-electron chi connectivity index (χ0n) is 12.9. The van der Waals surface area contributed by atoms with Crippen LogP contribution in [0.1, 0.15) is 12.5 Å². The molecule has 22 heavy (non-hydrogen) atoms. The molecule has 0 saturated carbocycles. The highest BCUT2D eigenvalue weighted by Crippen LogP contribution is 2.26. The Hall–Kier alpha value is -2.62. The summed E-state index contributed by atoms with van der Waals surface area (Å²) in [5.74, 6) is 1.59. The Morgan fingerprint density at radius 1 is 1.09 bits per heavy atom. The maximum absolute atomic E-state index is 5.91. The Bertz CT molecular complexity index is 793. The van der Waals surface area contributed by atoms with Crippen LogP contribution in [0.4, 0.5) is 5.69 Å². The summed E-state index contributed by atoms with van der Waals surface area (Å²) >= 11 is 0. The number of anilines is 1. The molecule has 0 radical (unpaired) electrons. The van der Waals surface area contributed by atoms with Gasteiger partial charge in [0.15, 0.2) is 0 Å². The van der Waals surface area contributed by atoms with Crippen LogP contribution in [0.3, 0.4) is 0 Å². The molecule has 3 aromatic rings. The maximum atomic E-state index is 5.91. The number of benzene rings is 2. The van der Waals surface area contributed by atoms with Gasteiger partial charge in [-0.3, -0.25) is 0 Å². The van der Waals surface area contributed by atoms with Gasteiger partial charge in [-0.15, -0.1) is 0 Å². The minimum absolute atomic E-state index is 0.514. The molecule has 0 spiro atoms. The molecule has 0 saturated heterocycles. The monoisotopic (exact) mass is 296 g/mol. The van der Waals surface area contributed by atoms with E-state index >= 15 is 0 Å². The van der Waals surface area contributed by atoms with Crippen LogP contribution in [0.15, 0.2) is 48.7 Å². The summed E-state index contributed by atoms with van der Waals surface area (Å²) < 4.78 is 13.3. The van der Waals surface area contributed by atoms with Crippen molar-refractivity contribution in [2.75, 3.05) is 12.8 Å².